The highest BCUT2D eigenvalue weighted by molar-refractivity contribution is 6.00. The van der Waals surface area contributed by atoms with Gasteiger partial charge in [-0.2, -0.15) is 22.7 Å². The van der Waals surface area contributed by atoms with Crippen LogP contribution in [-0.2, 0) is 11.3 Å². The summed E-state index contributed by atoms with van der Waals surface area (Å²) in [4.78, 5) is 35.2. The smallest absolute Gasteiger partial charge is 0.384 e. The number of amides is 2. The molecule has 0 aliphatic heterocycles. The first-order valence-corrected chi connectivity index (χ1v) is 13.9. The normalized spacial score (nSPS) is 16.8. The number of aliphatic hydroxyl groups excluding tert-OH is 1. The lowest BCUT2D eigenvalue weighted by molar-refractivity contribution is -0.206. The van der Waals surface area contributed by atoms with Crippen molar-refractivity contribution >= 4 is 17.6 Å². The molecule has 2 aliphatic rings. The van der Waals surface area contributed by atoms with E-state index in [2.05, 4.69) is 25.7 Å². The standard InChI is InChI=1S/C29H32F4N6O3/c1-15-13-20(16(2)34-14-15)19-7-8-23(36-26(19)30)37-28(42)25(24(17-3-4-17)18-5-6-18)38-27(41)21-9-11-35-39(21)12-10-22(40)29(31,32)33/h7-9,11,13-14,17-18,22,24-25,40H,3-6,10,12H2,1-2H3,(H,38,41)(H,36,37,42)/t22?,25-/m0/s1. The van der Waals surface area contributed by atoms with Gasteiger partial charge in [-0.1, -0.05) is 0 Å². The molecule has 42 heavy (non-hydrogen) atoms. The van der Waals surface area contributed by atoms with Crippen molar-refractivity contribution in [1.82, 2.24) is 25.1 Å². The van der Waals surface area contributed by atoms with Crippen LogP contribution in [0.4, 0.5) is 23.4 Å². The van der Waals surface area contributed by atoms with Crippen LogP contribution >= 0.6 is 0 Å². The predicted octanol–water partition coefficient (Wildman–Crippen LogP) is 4.58. The molecule has 0 spiro atoms. The number of aromatic nitrogens is 4. The first-order chi connectivity index (χ1) is 19.9. The number of aryl methyl sites for hydroxylation is 3. The van der Waals surface area contributed by atoms with E-state index in [1.54, 1.807) is 19.2 Å². The molecule has 13 heteroatoms. The van der Waals surface area contributed by atoms with Crippen LogP contribution in [0.3, 0.4) is 0 Å². The van der Waals surface area contributed by atoms with E-state index in [9.17, 15) is 27.9 Å². The van der Waals surface area contributed by atoms with Crippen LogP contribution in [0.2, 0.25) is 0 Å². The van der Waals surface area contributed by atoms with Crippen molar-refractivity contribution in [2.24, 2.45) is 17.8 Å². The number of hydrogen-bond donors (Lipinski definition) is 3. The molecule has 3 N–H and O–H groups in total. The van der Waals surface area contributed by atoms with Gasteiger partial charge in [0.2, 0.25) is 11.9 Å². The predicted molar refractivity (Wildman–Crippen MR) is 145 cm³/mol. The minimum absolute atomic E-state index is 0.0183. The number of nitrogens with zero attached hydrogens (tertiary/aromatic N) is 4. The fourth-order valence-corrected chi connectivity index (χ4v) is 5.37. The molecule has 0 bridgehead atoms. The van der Waals surface area contributed by atoms with Gasteiger partial charge in [-0.3, -0.25) is 19.3 Å². The Hall–Kier alpha value is -3.87. The van der Waals surface area contributed by atoms with E-state index in [0.717, 1.165) is 35.9 Å². The number of aliphatic hydroxyl groups is 1. The number of halogens is 4. The number of anilines is 1. The number of nitrogens with one attached hydrogen (secondary N) is 2. The summed E-state index contributed by atoms with van der Waals surface area (Å²) in [5.41, 5.74) is 2.28. The van der Waals surface area contributed by atoms with Gasteiger partial charge in [0.05, 0.1) is 0 Å². The number of alkyl halides is 3. The number of rotatable bonds is 11. The summed E-state index contributed by atoms with van der Waals surface area (Å²) in [7, 11) is 0. The molecule has 1 unspecified atom stereocenters. The fourth-order valence-electron chi connectivity index (χ4n) is 5.37. The highest BCUT2D eigenvalue weighted by atomic mass is 19.4. The first kappa shape index (κ1) is 29.6. The highest BCUT2D eigenvalue weighted by Crippen LogP contribution is 2.51. The minimum Gasteiger partial charge on any atom is -0.384 e. The Balaban J connectivity index is 1.34. The summed E-state index contributed by atoms with van der Waals surface area (Å²) in [6.07, 6.45) is -1.42. The molecule has 2 aliphatic carbocycles. The lowest BCUT2D eigenvalue weighted by atomic mass is 9.88. The topological polar surface area (TPSA) is 122 Å². The maximum Gasteiger partial charge on any atom is 0.414 e. The zero-order chi connectivity index (χ0) is 30.2. The van der Waals surface area contributed by atoms with Gasteiger partial charge in [-0.05, 0) is 87.1 Å². The second-order valence-corrected chi connectivity index (χ2v) is 11.2. The second kappa shape index (κ2) is 11.8. The van der Waals surface area contributed by atoms with Gasteiger partial charge >= 0.3 is 6.18 Å². The molecule has 224 valence electrons. The van der Waals surface area contributed by atoms with E-state index < -0.39 is 42.5 Å². The molecule has 3 aromatic heterocycles. The molecule has 5 rings (SSSR count). The maximum absolute atomic E-state index is 15.1. The number of pyridine rings is 2. The summed E-state index contributed by atoms with van der Waals surface area (Å²) in [6, 6.07) is 5.17. The molecule has 0 aromatic carbocycles. The SMILES string of the molecule is Cc1cnc(C)c(-c2ccc(NC(=O)[C@@H](NC(=O)c3ccnn3CCC(O)C(F)(F)F)C(C3CC3)C3CC3)nc2F)c1. The van der Waals surface area contributed by atoms with E-state index in [0.29, 0.717) is 11.3 Å². The van der Waals surface area contributed by atoms with Crippen LogP contribution < -0.4 is 10.6 Å². The van der Waals surface area contributed by atoms with Crippen LogP contribution in [0, 0.1) is 37.5 Å². The molecule has 2 atom stereocenters. The average molecular weight is 589 g/mol. The molecule has 2 amide bonds. The van der Waals surface area contributed by atoms with Crippen molar-refractivity contribution in [3.8, 4) is 11.1 Å². The number of hydrogen-bond acceptors (Lipinski definition) is 6. The molecular weight excluding hydrogens is 556 g/mol. The van der Waals surface area contributed by atoms with Gasteiger partial charge in [0, 0.05) is 42.2 Å². The Kier molecular flexibility index (Phi) is 8.31. The minimum atomic E-state index is -4.79. The van der Waals surface area contributed by atoms with Crippen molar-refractivity contribution in [1.29, 1.82) is 0 Å². The van der Waals surface area contributed by atoms with Gasteiger partial charge in [-0.25, -0.2) is 4.98 Å². The Morgan fingerprint density at radius 3 is 2.40 bits per heavy atom. The molecule has 0 saturated heterocycles. The monoisotopic (exact) mass is 588 g/mol. The summed E-state index contributed by atoms with van der Waals surface area (Å²) in [5.74, 6) is -1.71. The Morgan fingerprint density at radius 2 is 1.79 bits per heavy atom. The van der Waals surface area contributed by atoms with Crippen LogP contribution in [-0.4, -0.2) is 55.0 Å². The lowest BCUT2D eigenvalue weighted by Crippen LogP contribution is -2.50. The van der Waals surface area contributed by atoms with Crippen molar-refractivity contribution in [2.75, 3.05) is 5.32 Å². The lowest BCUT2D eigenvalue weighted by Gasteiger charge is -2.27. The van der Waals surface area contributed by atoms with E-state index in [1.165, 1.54) is 24.4 Å². The van der Waals surface area contributed by atoms with E-state index in [1.807, 2.05) is 6.92 Å². The third-order valence-corrected chi connectivity index (χ3v) is 7.84. The molecule has 2 saturated carbocycles. The molecule has 2 fully saturated rings. The first-order valence-electron chi connectivity index (χ1n) is 13.9. The molecule has 0 radical (unpaired) electrons. The average Bonchev–Trinajstić information content (AvgIpc) is 3.87. The van der Waals surface area contributed by atoms with E-state index in [4.69, 9.17) is 0 Å². The van der Waals surface area contributed by atoms with Crippen LogP contribution in [0.1, 0.15) is 53.8 Å². The summed E-state index contributed by atoms with van der Waals surface area (Å²) in [5, 5.41) is 18.7. The summed E-state index contributed by atoms with van der Waals surface area (Å²) < 4.78 is 54.5. The number of carbonyl (C=O) groups is 2. The van der Waals surface area contributed by atoms with Crippen molar-refractivity contribution in [3.63, 3.8) is 0 Å². The van der Waals surface area contributed by atoms with Gasteiger partial charge in [0.1, 0.15) is 17.6 Å². The Labute approximate surface area is 239 Å². The summed E-state index contributed by atoms with van der Waals surface area (Å²) in [6.45, 7) is 3.25. The van der Waals surface area contributed by atoms with Crippen molar-refractivity contribution in [3.05, 3.63) is 59.6 Å². The van der Waals surface area contributed by atoms with Gasteiger partial charge in [-0.15, -0.1) is 0 Å². The molecule has 9 nitrogen and oxygen atoms in total. The molecular formula is C29H32F4N6O3. The van der Waals surface area contributed by atoms with E-state index in [-0.39, 0.29) is 41.4 Å². The second-order valence-electron chi connectivity index (χ2n) is 11.2. The van der Waals surface area contributed by atoms with Crippen LogP contribution in [0.25, 0.3) is 11.1 Å². The quantitative estimate of drug-likeness (QED) is 0.223. The van der Waals surface area contributed by atoms with Crippen LogP contribution in [0.5, 0.6) is 0 Å². The highest BCUT2D eigenvalue weighted by Gasteiger charge is 2.48. The zero-order valence-electron chi connectivity index (χ0n) is 23.2. The van der Waals surface area contributed by atoms with Gasteiger partial charge in [0.25, 0.3) is 5.91 Å². The Morgan fingerprint density at radius 1 is 1.10 bits per heavy atom. The third-order valence-electron chi connectivity index (χ3n) is 7.84. The van der Waals surface area contributed by atoms with Crippen molar-refractivity contribution in [2.45, 2.75) is 70.8 Å². The molecule has 3 heterocycles. The third kappa shape index (κ3) is 6.77. The van der Waals surface area contributed by atoms with Crippen LogP contribution in [0.15, 0.2) is 36.7 Å². The van der Waals surface area contributed by atoms with Gasteiger partial charge in [0.15, 0.2) is 6.10 Å². The number of carbonyl (C=O) groups excluding carboxylic acids is 2. The molecule has 3 aromatic rings. The van der Waals surface area contributed by atoms with Gasteiger partial charge < -0.3 is 15.7 Å². The van der Waals surface area contributed by atoms with E-state index >= 15 is 4.39 Å². The zero-order valence-corrected chi connectivity index (χ0v) is 23.2. The van der Waals surface area contributed by atoms with Crippen molar-refractivity contribution < 1.29 is 32.3 Å². The maximum atomic E-state index is 15.1. The summed E-state index contributed by atoms with van der Waals surface area (Å²) >= 11 is 0. The Bertz CT molecular complexity index is 1460. The fraction of sp³-hybridized carbons (Fsp3) is 0.483. The largest absolute Gasteiger partial charge is 0.414 e.